The lowest BCUT2D eigenvalue weighted by atomic mass is 10.0. The van der Waals surface area contributed by atoms with Crippen molar-refractivity contribution >= 4 is 37.8 Å². The number of unbranched alkanes of at least 4 members (excludes halogenated alkanes) is 20. The van der Waals surface area contributed by atoms with Crippen molar-refractivity contribution in [3.05, 3.63) is 48.6 Å². The molecule has 0 N–H and O–H groups in total. The molecule has 7 heteroatoms. The predicted octanol–water partition coefficient (Wildman–Crippen LogP) is 16.0. The van der Waals surface area contributed by atoms with Gasteiger partial charge in [0, 0.05) is 31.5 Å². The Bertz CT molecular complexity index is 1040. The first-order chi connectivity index (χ1) is 28.5. The molecular formula is C51H92N2O3S2. The number of hydrogen-bond acceptors (Lipinski definition) is 7. The molecule has 0 radical (unpaired) electrons. The Balaban J connectivity index is 2.27. The largest absolute Gasteiger partial charge is 0.465 e. The molecular weight excluding hydrogens is 753 g/mol. The van der Waals surface area contributed by atoms with Gasteiger partial charge in [-0.05, 0) is 121 Å². The summed E-state index contributed by atoms with van der Waals surface area (Å²) in [6.07, 6.45) is 59.0. The molecule has 0 heterocycles. The maximum atomic E-state index is 12.9. The van der Waals surface area contributed by atoms with Gasteiger partial charge >= 0.3 is 5.97 Å². The van der Waals surface area contributed by atoms with Crippen LogP contribution in [0.4, 0.5) is 0 Å². The third kappa shape index (κ3) is 38.9. The van der Waals surface area contributed by atoms with Crippen molar-refractivity contribution in [2.24, 2.45) is 16.8 Å². The molecule has 0 aromatic carbocycles. The summed E-state index contributed by atoms with van der Waals surface area (Å²) >= 11 is 8.34. The molecule has 336 valence electrons. The van der Waals surface area contributed by atoms with Crippen LogP contribution in [0.5, 0.6) is 0 Å². The maximum absolute atomic E-state index is 12.9. The maximum Gasteiger partial charge on any atom is 0.306 e. The summed E-state index contributed by atoms with van der Waals surface area (Å²) in [4.78, 5) is 17.7. The Morgan fingerprint density at radius 1 is 0.621 bits per heavy atom. The Morgan fingerprint density at radius 2 is 1.14 bits per heavy atom. The monoisotopic (exact) mass is 845 g/mol. The Labute approximate surface area is 371 Å². The minimum atomic E-state index is -0.0406. The van der Waals surface area contributed by atoms with E-state index in [1.165, 1.54) is 141 Å². The number of ether oxygens (including phenoxy) is 2. The van der Waals surface area contributed by atoms with Crippen LogP contribution >= 0.6 is 25.6 Å². The summed E-state index contributed by atoms with van der Waals surface area (Å²) in [6.45, 7) is 7.36. The van der Waals surface area contributed by atoms with Crippen molar-refractivity contribution in [3.8, 4) is 0 Å². The first-order valence-electron chi connectivity index (χ1n) is 24.5. The van der Waals surface area contributed by atoms with Crippen LogP contribution in [0.3, 0.4) is 0 Å². The predicted molar refractivity (Wildman–Crippen MR) is 261 cm³/mol. The fourth-order valence-electron chi connectivity index (χ4n) is 7.68. The lowest BCUT2D eigenvalue weighted by molar-refractivity contribution is -0.146. The van der Waals surface area contributed by atoms with Gasteiger partial charge in [-0.2, -0.15) is 0 Å². The molecule has 3 unspecified atom stereocenters. The normalized spacial score (nSPS) is 16.8. The van der Waals surface area contributed by atoms with E-state index in [1.807, 2.05) is 6.21 Å². The number of aliphatic imine (C=N–C) groups is 1. The molecule has 0 aliphatic heterocycles. The molecule has 0 aromatic rings. The second-order valence-electron chi connectivity index (χ2n) is 17.0. The zero-order valence-electron chi connectivity index (χ0n) is 37.9. The molecule has 0 aromatic heterocycles. The Morgan fingerprint density at radius 3 is 1.69 bits per heavy atom. The minimum absolute atomic E-state index is 0.0406. The second kappa shape index (κ2) is 43.8. The van der Waals surface area contributed by atoms with Crippen molar-refractivity contribution in [3.63, 3.8) is 0 Å². The van der Waals surface area contributed by atoms with Crippen LogP contribution in [0.25, 0.3) is 0 Å². The molecule has 1 aliphatic carbocycles. The summed E-state index contributed by atoms with van der Waals surface area (Å²) in [5, 5.41) is 0. The first-order valence-corrected chi connectivity index (χ1v) is 25.3. The zero-order chi connectivity index (χ0) is 41.8. The molecule has 0 amide bonds. The van der Waals surface area contributed by atoms with E-state index in [9.17, 15) is 4.79 Å². The molecule has 1 aliphatic rings. The van der Waals surface area contributed by atoms with Crippen molar-refractivity contribution < 1.29 is 14.3 Å². The van der Waals surface area contributed by atoms with Gasteiger partial charge in [0.25, 0.3) is 0 Å². The van der Waals surface area contributed by atoms with E-state index in [-0.39, 0.29) is 11.9 Å². The van der Waals surface area contributed by atoms with Crippen LogP contribution < -0.4 is 0 Å². The summed E-state index contributed by atoms with van der Waals surface area (Å²) in [5.74, 6) is 0.635. The average Bonchev–Trinajstić information content (AvgIpc) is 3.66. The van der Waals surface area contributed by atoms with Gasteiger partial charge in [-0.15, -0.1) is 0 Å². The van der Waals surface area contributed by atoms with E-state index in [4.69, 9.17) is 14.5 Å². The van der Waals surface area contributed by atoms with Crippen LogP contribution in [-0.4, -0.2) is 48.3 Å². The number of nitrogens with zero attached hydrogens (tertiary/aromatic N) is 2. The van der Waals surface area contributed by atoms with Crippen LogP contribution in [0, 0.1) is 11.8 Å². The van der Waals surface area contributed by atoms with Crippen molar-refractivity contribution in [2.45, 2.75) is 225 Å². The minimum Gasteiger partial charge on any atom is -0.465 e. The van der Waals surface area contributed by atoms with E-state index < -0.39 is 0 Å². The molecule has 0 bridgehead atoms. The van der Waals surface area contributed by atoms with E-state index >= 15 is 0 Å². The standard InChI is InChI=1S/C51H92N2O3S2/c1-3-5-7-9-11-13-15-17-19-21-22-24-26-28-30-32-34-38-49(47-56-51(54)45-48-39-40-50(44-48)52-41-35-36-42-53(57)58)46-55-43-37-33-31-29-27-25-23-20-18-16-14-12-10-8-6-4-2/h11-14,17-20,41,48-50,57-58H,3-10,15-16,21-40,42-47H2,1-2H3/b13-11-,14-12-,19-17-,20-18-,52-41?. The number of carbonyl (C=O) groups excluding carboxylic acids is 1. The first kappa shape index (κ1) is 54.7. The van der Waals surface area contributed by atoms with Gasteiger partial charge in [-0.1, -0.05) is 178 Å². The van der Waals surface area contributed by atoms with Gasteiger partial charge in [0.1, 0.15) is 0 Å². The molecule has 1 rings (SSSR count). The van der Waals surface area contributed by atoms with E-state index in [0.29, 0.717) is 31.6 Å². The van der Waals surface area contributed by atoms with Crippen molar-refractivity contribution in [2.75, 3.05) is 26.4 Å². The highest BCUT2D eigenvalue weighted by molar-refractivity contribution is 7.93. The summed E-state index contributed by atoms with van der Waals surface area (Å²) in [6, 6.07) is 0.343. The fourth-order valence-corrected chi connectivity index (χ4v) is 7.96. The molecule has 0 spiro atoms. The van der Waals surface area contributed by atoms with Gasteiger partial charge < -0.3 is 9.47 Å². The zero-order valence-corrected chi connectivity index (χ0v) is 39.7. The average molecular weight is 845 g/mol. The van der Waals surface area contributed by atoms with Gasteiger partial charge in [0.15, 0.2) is 0 Å². The quantitative estimate of drug-likeness (QED) is 0.0211. The smallest absolute Gasteiger partial charge is 0.306 e. The Hall–Kier alpha value is -1.28. The fraction of sp³-hybridized carbons (Fsp3) is 0.804. The van der Waals surface area contributed by atoms with Crippen LogP contribution in [-0.2, 0) is 14.3 Å². The van der Waals surface area contributed by atoms with E-state index in [2.05, 4.69) is 88.1 Å². The summed E-state index contributed by atoms with van der Waals surface area (Å²) in [7, 11) is 0. The highest BCUT2D eigenvalue weighted by atomic mass is 32.2. The van der Waals surface area contributed by atoms with Crippen molar-refractivity contribution in [1.29, 1.82) is 0 Å². The Kier molecular flexibility index (Phi) is 41.3. The van der Waals surface area contributed by atoms with E-state index in [0.717, 1.165) is 70.9 Å². The molecule has 1 fully saturated rings. The number of thiol groups is 2. The summed E-state index contributed by atoms with van der Waals surface area (Å²) < 4.78 is 13.7. The lowest BCUT2D eigenvalue weighted by Gasteiger charge is -2.18. The van der Waals surface area contributed by atoms with Crippen LogP contribution in [0.15, 0.2) is 53.6 Å². The van der Waals surface area contributed by atoms with E-state index in [1.54, 1.807) is 3.71 Å². The molecule has 3 atom stereocenters. The van der Waals surface area contributed by atoms with Crippen LogP contribution in [0.1, 0.15) is 219 Å². The number of carbonyl (C=O) groups is 1. The molecule has 5 nitrogen and oxygen atoms in total. The highest BCUT2D eigenvalue weighted by Gasteiger charge is 2.26. The van der Waals surface area contributed by atoms with Gasteiger partial charge in [-0.3, -0.25) is 9.79 Å². The van der Waals surface area contributed by atoms with Crippen LogP contribution in [0.2, 0.25) is 0 Å². The van der Waals surface area contributed by atoms with Crippen molar-refractivity contribution in [1.82, 2.24) is 3.71 Å². The SMILES string of the molecule is CCCCC/C=C\C/C=C\CCCCCCCCCC(COCCCCCCCC/C=C\C/C=C\CCCCC)COC(=O)CC1CCC(N=CCCCN(S)S)C1. The second-order valence-corrected chi connectivity index (χ2v) is 18.3. The van der Waals surface area contributed by atoms with Gasteiger partial charge in [-0.25, -0.2) is 3.71 Å². The number of rotatable bonds is 42. The lowest BCUT2D eigenvalue weighted by Crippen LogP contribution is -2.20. The molecule has 0 saturated heterocycles. The highest BCUT2D eigenvalue weighted by Crippen LogP contribution is 2.31. The van der Waals surface area contributed by atoms with Gasteiger partial charge in [0.2, 0.25) is 0 Å². The number of hydrogen-bond donors (Lipinski definition) is 2. The topological polar surface area (TPSA) is 51.1 Å². The number of esters is 1. The third-order valence-electron chi connectivity index (χ3n) is 11.4. The number of allylic oxidation sites excluding steroid dienone is 8. The molecule has 1 saturated carbocycles. The van der Waals surface area contributed by atoms with Gasteiger partial charge in [0.05, 0.1) is 13.2 Å². The molecule has 58 heavy (non-hydrogen) atoms. The summed E-state index contributed by atoms with van der Waals surface area (Å²) in [5.41, 5.74) is 0. The third-order valence-corrected chi connectivity index (χ3v) is 11.8.